The van der Waals surface area contributed by atoms with Gasteiger partial charge in [0.15, 0.2) is 0 Å². The van der Waals surface area contributed by atoms with Gasteiger partial charge in [-0.25, -0.2) is 9.37 Å². The summed E-state index contributed by atoms with van der Waals surface area (Å²) in [6, 6.07) is 13.8. The van der Waals surface area contributed by atoms with Gasteiger partial charge in [-0.05, 0) is 29.3 Å². The van der Waals surface area contributed by atoms with Crippen LogP contribution in [0.4, 0.5) is 4.39 Å². The van der Waals surface area contributed by atoms with Crippen molar-refractivity contribution in [2.45, 2.75) is 6.42 Å². The van der Waals surface area contributed by atoms with Gasteiger partial charge in [-0.3, -0.25) is 4.98 Å². The molecule has 0 radical (unpaired) electrons. The van der Waals surface area contributed by atoms with E-state index in [1.165, 1.54) is 0 Å². The van der Waals surface area contributed by atoms with Gasteiger partial charge in [0.1, 0.15) is 24.7 Å². The summed E-state index contributed by atoms with van der Waals surface area (Å²) in [5.74, 6) is 0.718. The largest absolute Gasteiger partial charge is 0.491 e. The Morgan fingerprint density at radius 3 is 2.77 bits per heavy atom. The molecule has 0 aliphatic carbocycles. The number of halogens is 1. The zero-order chi connectivity index (χ0) is 17.8. The molecule has 4 rings (SSSR count). The summed E-state index contributed by atoms with van der Waals surface area (Å²) < 4.78 is 18.0. The predicted octanol–water partition coefficient (Wildman–Crippen LogP) is 4.56. The summed E-state index contributed by atoms with van der Waals surface area (Å²) in [4.78, 5) is 11.9. The van der Waals surface area contributed by atoms with Gasteiger partial charge in [-0.2, -0.15) is 0 Å². The highest BCUT2D eigenvalue weighted by molar-refractivity contribution is 5.84. The van der Waals surface area contributed by atoms with Gasteiger partial charge in [0.05, 0.1) is 0 Å². The highest BCUT2D eigenvalue weighted by atomic mass is 19.1. The molecule has 0 aliphatic heterocycles. The number of fused-ring (bicyclic) bond motifs is 1. The third-order valence-electron chi connectivity index (χ3n) is 4.30. The average Bonchev–Trinajstić information content (AvgIpc) is 3.10. The highest BCUT2D eigenvalue weighted by Crippen LogP contribution is 2.28. The Kier molecular flexibility index (Phi) is 4.60. The van der Waals surface area contributed by atoms with Crippen LogP contribution in [0.2, 0.25) is 0 Å². The number of hydrogen-bond donors (Lipinski definition) is 1. The number of nitrogens with zero attached hydrogens (tertiary/aromatic N) is 2. The molecule has 4 nitrogen and oxygen atoms in total. The van der Waals surface area contributed by atoms with Gasteiger partial charge in [-0.1, -0.05) is 24.3 Å². The van der Waals surface area contributed by atoms with Crippen molar-refractivity contribution in [1.29, 1.82) is 0 Å². The average molecular weight is 347 g/mol. The first kappa shape index (κ1) is 16.3. The lowest BCUT2D eigenvalue weighted by atomic mass is 10.0. The standard InChI is InChI=1S/C21H18FN3O/c22-7-9-26-20-6-2-1-4-15(20)10-18-14-25-21-19(18)11-17(13-24-21)16-5-3-8-23-12-16/h1-6,8,11-14H,7,9-10H2,(H,24,25). The van der Waals surface area contributed by atoms with E-state index in [-0.39, 0.29) is 6.61 Å². The minimum Gasteiger partial charge on any atom is -0.491 e. The molecule has 0 fully saturated rings. The Hall–Kier alpha value is -3.21. The van der Waals surface area contributed by atoms with Crippen LogP contribution in [-0.2, 0) is 6.42 Å². The van der Waals surface area contributed by atoms with E-state index in [9.17, 15) is 4.39 Å². The first-order chi connectivity index (χ1) is 12.8. The number of ether oxygens (including phenoxy) is 1. The summed E-state index contributed by atoms with van der Waals surface area (Å²) in [6.07, 6.45) is 8.08. The van der Waals surface area contributed by atoms with Crippen molar-refractivity contribution >= 4 is 11.0 Å². The number of para-hydroxylation sites is 1. The molecule has 0 saturated carbocycles. The number of alkyl halides is 1. The zero-order valence-electron chi connectivity index (χ0n) is 14.2. The van der Waals surface area contributed by atoms with Crippen LogP contribution >= 0.6 is 0 Å². The maximum absolute atomic E-state index is 12.5. The molecule has 1 N–H and O–H groups in total. The van der Waals surface area contributed by atoms with Crippen molar-refractivity contribution in [3.8, 4) is 16.9 Å². The van der Waals surface area contributed by atoms with Crippen molar-refractivity contribution in [2.75, 3.05) is 13.3 Å². The molecule has 0 aliphatic rings. The predicted molar refractivity (Wildman–Crippen MR) is 100 cm³/mol. The molecule has 130 valence electrons. The Morgan fingerprint density at radius 1 is 1.00 bits per heavy atom. The Bertz CT molecular complexity index is 1010. The molecule has 5 heteroatoms. The zero-order valence-corrected chi connectivity index (χ0v) is 14.2. The van der Waals surface area contributed by atoms with Gasteiger partial charge in [-0.15, -0.1) is 0 Å². The molecule has 0 unspecified atom stereocenters. The highest BCUT2D eigenvalue weighted by Gasteiger charge is 2.11. The van der Waals surface area contributed by atoms with Crippen LogP contribution in [-0.4, -0.2) is 28.2 Å². The van der Waals surface area contributed by atoms with Gasteiger partial charge in [0.2, 0.25) is 0 Å². The van der Waals surface area contributed by atoms with E-state index in [0.717, 1.165) is 39.0 Å². The summed E-state index contributed by atoms with van der Waals surface area (Å²) in [5, 5.41) is 1.06. The smallest absolute Gasteiger partial charge is 0.137 e. The van der Waals surface area contributed by atoms with E-state index < -0.39 is 6.67 Å². The summed E-state index contributed by atoms with van der Waals surface area (Å²) in [5.41, 5.74) is 5.03. The molecule has 0 saturated heterocycles. The number of nitrogens with one attached hydrogen (secondary N) is 1. The second-order valence-electron chi connectivity index (χ2n) is 6.00. The van der Waals surface area contributed by atoms with Gasteiger partial charge >= 0.3 is 0 Å². The second-order valence-corrected chi connectivity index (χ2v) is 6.00. The molecular formula is C21H18FN3O. The fourth-order valence-corrected chi connectivity index (χ4v) is 3.04. The normalized spacial score (nSPS) is 11.0. The lowest BCUT2D eigenvalue weighted by Crippen LogP contribution is -2.01. The van der Waals surface area contributed by atoms with Crippen molar-refractivity contribution < 1.29 is 9.13 Å². The Labute approximate surface area is 150 Å². The summed E-state index contributed by atoms with van der Waals surface area (Å²) >= 11 is 0. The number of aromatic amines is 1. The summed E-state index contributed by atoms with van der Waals surface area (Å²) in [6.45, 7) is -0.433. The van der Waals surface area contributed by atoms with Crippen LogP contribution < -0.4 is 4.74 Å². The number of pyridine rings is 2. The van der Waals surface area contributed by atoms with Crippen molar-refractivity contribution in [3.05, 3.63) is 78.4 Å². The third-order valence-corrected chi connectivity index (χ3v) is 4.30. The quantitative estimate of drug-likeness (QED) is 0.556. The molecule has 0 amide bonds. The molecule has 3 heterocycles. The van der Waals surface area contributed by atoms with E-state index in [4.69, 9.17) is 4.74 Å². The molecule has 0 atom stereocenters. The van der Waals surface area contributed by atoms with Crippen LogP contribution in [0.5, 0.6) is 5.75 Å². The maximum Gasteiger partial charge on any atom is 0.137 e. The van der Waals surface area contributed by atoms with E-state index >= 15 is 0 Å². The lowest BCUT2D eigenvalue weighted by molar-refractivity contribution is 0.271. The number of rotatable bonds is 6. The molecule has 3 aromatic heterocycles. The topological polar surface area (TPSA) is 50.8 Å². The molecule has 1 aromatic carbocycles. The number of H-pyrrole nitrogens is 1. The van der Waals surface area contributed by atoms with Crippen LogP contribution in [0, 0.1) is 0 Å². The van der Waals surface area contributed by atoms with E-state index in [0.29, 0.717) is 6.42 Å². The first-order valence-corrected chi connectivity index (χ1v) is 8.48. The Morgan fingerprint density at radius 2 is 1.92 bits per heavy atom. The van der Waals surface area contributed by atoms with Gasteiger partial charge < -0.3 is 9.72 Å². The van der Waals surface area contributed by atoms with E-state index in [1.54, 1.807) is 6.20 Å². The van der Waals surface area contributed by atoms with Crippen LogP contribution in [0.3, 0.4) is 0 Å². The van der Waals surface area contributed by atoms with Crippen LogP contribution in [0.1, 0.15) is 11.1 Å². The Balaban J connectivity index is 1.69. The molecule has 0 spiro atoms. The second kappa shape index (κ2) is 7.35. The molecule has 4 aromatic rings. The molecular weight excluding hydrogens is 329 g/mol. The monoisotopic (exact) mass is 347 g/mol. The molecule has 0 bridgehead atoms. The number of benzene rings is 1. The van der Waals surface area contributed by atoms with E-state index in [1.807, 2.05) is 55.0 Å². The van der Waals surface area contributed by atoms with Crippen LogP contribution in [0.25, 0.3) is 22.2 Å². The maximum atomic E-state index is 12.5. The van der Waals surface area contributed by atoms with Crippen molar-refractivity contribution in [1.82, 2.24) is 15.0 Å². The molecule has 26 heavy (non-hydrogen) atoms. The van der Waals surface area contributed by atoms with Gasteiger partial charge in [0, 0.05) is 47.7 Å². The fourth-order valence-electron chi connectivity index (χ4n) is 3.04. The number of hydrogen-bond acceptors (Lipinski definition) is 3. The SMILES string of the molecule is FCCOc1ccccc1Cc1c[nH]c2ncc(-c3cccnc3)cc12. The minimum absolute atomic E-state index is 0.0671. The van der Waals surface area contributed by atoms with Gasteiger partial charge in [0.25, 0.3) is 0 Å². The lowest BCUT2D eigenvalue weighted by Gasteiger charge is -2.10. The summed E-state index contributed by atoms with van der Waals surface area (Å²) in [7, 11) is 0. The van der Waals surface area contributed by atoms with Crippen molar-refractivity contribution in [3.63, 3.8) is 0 Å². The third kappa shape index (κ3) is 3.28. The first-order valence-electron chi connectivity index (χ1n) is 8.48. The van der Waals surface area contributed by atoms with Crippen molar-refractivity contribution in [2.24, 2.45) is 0 Å². The fraction of sp³-hybridized carbons (Fsp3) is 0.143. The number of aromatic nitrogens is 3. The van der Waals surface area contributed by atoms with E-state index in [2.05, 4.69) is 21.0 Å². The minimum atomic E-state index is -0.500. The van der Waals surface area contributed by atoms with Crippen LogP contribution in [0.15, 0.2) is 67.3 Å².